The summed E-state index contributed by atoms with van der Waals surface area (Å²) in [6.45, 7) is 12.1. The molecule has 0 bridgehead atoms. The molecule has 0 aliphatic heterocycles. The molecule has 2 aromatic heterocycles. The van der Waals surface area contributed by atoms with Crippen LogP contribution in [-0.4, -0.2) is 50.6 Å². The van der Waals surface area contributed by atoms with E-state index in [1.165, 1.54) is 18.4 Å². The Morgan fingerprint density at radius 3 is 2.56 bits per heavy atom. The van der Waals surface area contributed by atoms with E-state index in [1.807, 2.05) is 42.8 Å². The molecule has 0 radical (unpaired) electrons. The Labute approximate surface area is 256 Å². The summed E-state index contributed by atoms with van der Waals surface area (Å²) in [4.78, 5) is 46.0. The molecule has 1 unspecified atom stereocenters. The lowest BCUT2D eigenvalue weighted by atomic mass is 9.84. The summed E-state index contributed by atoms with van der Waals surface area (Å²) in [6, 6.07) is 10.4. The predicted molar refractivity (Wildman–Crippen MR) is 173 cm³/mol. The van der Waals surface area contributed by atoms with Gasteiger partial charge in [-0.1, -0.05) is 43.2 Å². The van der Waals surface area contributed by atoms with Gasteiger partial charge in [-0.2, -0.15) is 5.10 Å². The molecular formula is C36H46N4O3. The van der Waals surface area contributed by atoms with Crippen LogP contribution in [0, 0.1) is 5.92 Å². The second-order valence-corrected chi connectivity index (χ2v) is 12.4. The Hall–Kier alpha value is -3.71. The molecule has 0 saturated heterocycles. The number of aromatic nitrogens is 3. The number of benzene rings is 1. The Bertz CT molecular complexity index is 1550. The van der Waals surface area contributed by atoms with Crippen molar-refractivity contribution in [1.29, 1.82) is 0 Å². The smallest absolute Gasteiger partial charge is 0.163 e. The topological polar surface area (TPSA) is 85.2 Å². The lowest BCUT2D eigenvalue weighted by Gasteiger charge is -2.18. The summed E-state index contributed by atoms with van der Waals surface area (Å²) in [6.07, 6.45) is 9.67. The Morgan fingerprint density at radius 2 is 1.84 bits per heavy atom. The van der Waals surface area contributed by atoms with Crippen molar-refractivity contribution in [3.8, 4) is 11.3 Å². The van der Waals surface area contributed by atoms with Crippen molar-refractivity contribution in [2.75, 3.05) is 13.6 Å². The number of fused-ring (bicyclic) bond motifs is 1. The SMILES string of the molecule is CCCCN(C)Cc1cccc(-c2cc(C(=O)CCCC(=O)CCC3C(=O)C=C(C)C=C3C)c3cnn(C(C)C)c3n2)c1. The molecule has 0 saturated carbocycles. The van der Waals surface area contributed by atoms with Crippen LogP contribution in [0.25, 0.3) is 22.3 Å². The zero-order valence-electron chi connectivity index (χ0n) is 26.7. The van der Waals surface area contributed by atoms with Gasteiger partial charge in [0, 0.05) is 54.3 Å². The highest BCUT2D eigenvalue weighted by Crippen LogP contribution is 2.29. The Balaban J connectivity index is 1.47. The molecule has 43 heavy (non-hydrogen) atoms. The van der Waals surface area contributed by atoms with Crippen LogP contribution in [0.1, 0.15) is 102 Å². The van der Waals surface area contributed by atoms with Crippen molar-refractivity contribution >= 4 is 28.4 Å². The van der Waals surface area contributed by atoms with E-state index in [2.05, 4.69) is 50.0 Å². The standard InChI is InChI=1S/C36H46N4O3/c1-7-8-17-39(6)23-27-11-9-12-28(20-27)33-21-31(32-22-37-40(24(2)3)36(32)38-33)34(42)14-10-13-29(41)15-16-30-26(5)18-25(4)19-35(30)43/h9,11-12,18-22,24,30H,7-8,10,13-17,23H2,1-6H3. The van der Waals surface area contributed by atoms with Gasteiger partial charge in [-0.25, -0.2) is 9.67 Å². The number of carbonyl (C=O) groups excluding carboxylic acids is 3. The van der Waals surface area contributed by atoms with E-state index < -0.39 is 0 Å². The number of rotatable bonds is 15. The third-order valence-corrected chi connectivity index (χ3v) is 8.21. The maximum Gasteiger partial charge on any atom is 0.163 e. The molecule has 7 heteroatoms. The molecule has 1 atom stereocenters. The normalized spacial score (nSPS) is 15.3. The van der Waals surface area contributed by atoms with E-state index in [0.29, 0.717) is 36.9 Å². The van der Waals surface area contributed by atoms with Gasteiger partial charge in [-0.3, -0.25) is 14.4 Å². The van der Waals surface area contributed by atoms with Crippen LogP contribution in [0.5, 0.6) is 0 Å². The molecule has 1 aromatic carbocycles. The molecule has 2 heterocycles. The average molecular weight is 583 g/mol. The molecule has 0 amide bonds. The van der Waals surface area contributed by atoms with Crippen molar-refractivity contribution in [1.82, 2.24) is 19.7 Å². The van der Waals surface area contributed by atoms with Gasteiger partial charge in [0.25, 0.3) is 0 Å². The summed E-state index contributed by atoms with van der Waals surface area (Å²) < 4.78 is 1.86. The molecule has 0 spiro atoms. The first-order valence-corrected chi connectivity index (χ1v) is 15.7. The molecule has 1 aliphatic rings. The van der Waals surface area contributed by atoms with Crippen LogP contribution in [-0.2, 0) is 16.1 Å². The van der Waals surface area contributed by atoms with Gasteiger partial charge in [0.05, 0.1) is 11.9 Å². The number of carbonyl (C=O) groups is 3. The molecule has 3 aromatic rings. The number of hydrogen-bond donors (Lipinski definition) is 0. The second kappa shape index (κ2) is 14.6. The highest BCUT2D eigenvalue weighted by Gasteiger charge is 2.23. The first kappa shape index (κ1) is 32.2. The van der Waals surface area contributed by atoms with Crippen LogP contribution < -0.4 is 0 Å². The highest BCUT2D eigenvalue weighted by atomic mass is 16.1. The van der Waals surface area contributed by atoms with Crippen molar-refractivity contribution in [3.05, 3.63) is 71.0 Å². The van der Waals surface area contributed by atoms with Crippen LogP contribution in [0.4, 0.5) is 0 Å². The fraction of sp³-hybridized carbons (Fsp3) is 0.472. The lowest BCUT2D eigenvalue weighted by Crippen LogP contribution is -2.18. The third kappa shape index (κ3) is 8.23. The third-order valence-electron chi connectivity index (χ3n) is 8.21. The van der Waals surface area contributed by atoms with Crippen molar-refractivity contribution in [2.24, 2.45) is 5.92 Å². The minimum absolute atomic E-state index is 0.0120. The summed E-state index contributed by atoms with van der Waals surface area (Å²) in [5.41, 5.74) is 6.18. The van der Waals surface area contributed by atoms with Crippen LogP contribution in [0.15, 0.2) is 59.8 Å². The molecule has 0 N–H and O–H groups in total. The number of hydrogen-bond acceptors (Lipinski definition) is 6. The van der Waals surface area contributed by atoms with Gasteiger partial charge in [-0.15, -0.1) is 0 Å². The minimum Gasteiger partial charge on any atom is -0.302 e. The first-order chi connectivity index (χ1) is 20.6. The molecule has 4 rings (SSSR count). The number of pyridine rings is 1. The first-order valence-electron chi connectivity index (χ1n) is 15.7. The van der Waals surface area contributed by atoms with Gasteiger partial charge < -0.3 is 4.90 Å². The fourth-order valence-electron chi connectivity index (χ4n) is 5.85. The minimum atomic E-state index is -0.217. The lowest BCUT2D eigenvalue weighted by molar-refractivity contribution is -0.120. The zero-order chi connectivity index (χ0) is 31.1. The van der Waals surface area contributed by atoms with E-state index in [-0.39, 0.29) is 35.7 Å². The van der Waals surface area contributed by atoms with E-state index in [1.54, 1.807) is 12.3 Å². The average Bonchev–Trinajstić information content (AvgIpc) is 3.39. The van der Waals surface area contributed by atoms with E-state index in [4.69, 9.17) is 4.98 Å². The summed E-state index contributed by atoms with van der Waals surface area (Å²) in [5, 5.41) is 5.30. The predicted octanol–water partition coefficient (Wildman–Crippen LogP) is 7.70. The number of allylic oxidation sites excluding steroid dienone is 4. The van der Waals surface area contributed by atoms with Crippen LogP contribution in [0.3, 0.4) is 0 Å². The van der Waals surface area contributed by atoms with E-state index in [0.717, 1.165) is 40.9 Å². The fourth-order valence-corrected chi connectivity index (χ4v) is 5.85. The van der Waals surface area contributed by atoms with Gasteiger partial charge in [0.15, 0.2) is 17.2 Å². The van der Waals surface area contributed by atoms with Gasteiger partial charge in [0.1, 0.15) is 5.78 Å². The number of unbranched alkanes of at least 4 members (excludes halogenated alkanes) is 1. The molecule has 1 aliphatic carbocycles. The van der Waals surface area contributed by atoms with Crippen LogP contribution >= 0.6 is 0 Å². The van der Waals surface area contributed by atoms with Crippen LogP contribution in [0.2, 0.25) is 0 Å². The summed E-state index contributed by atoms with van der Waals surface area (Å²) >= 11 is 0. The number of Topliss-reactive ketones (excluding diaryl/α,β-unsaturated/α-hetero) is 2. The van der Waals surface area contributed by atoms with E-state index >= 15 is 0 Å². The number of nitrogens with zero attached hydrogens (tertiary/aromatic N) is 4. The summed E-state index contributed by atoms with van der Waals surface area (Å²) in [5.74, 6) is -0.0600. The monoisotopic (exact) mass is 582 g/mol. The molecule has 0 fully saturated rings. The van der Waals surface area contributed by atoms with Gasteiger partial charge in [0.2, 0.25) is 0 Å². The maximum absolute atomic E-state index is 13.6. The van der Waals surface area contributed by atoms with Gasteiger partial charge in [-0.05, 0) is 89.9 Å². The van der Waals surface area contributed by atoms with Crippen molar-refractivity contribution in [2.45, 2.75) is 92.2 Å². The quantitative estimate of drug-likeness (QED) is 0.171. The Morgan fingerprint density at radius 1 is 1.05 bits per heavy atom. The second-order valence-electron chi connectivity index (χ2n) is 12.4. The van der Waals surface area contributed by atoms with Crippen molar-refractivity contribution < 1.29 is 14.4 Å². The highest BCUT2D eigenvalue weighted by molar-refractivity contribution is 6.07. The molecule has 7 nitrogen and oxygen atoms in total. The molecular weight excluding hydrogens is 536 g/mol. The summed E-state index contributed by atoms with van der Waals surface area (Å²) in [7, 11) is 2.14. The van der Waals surface area contributed by atoms with Crippen molar-refractivity contribution in [3.63, 3.8) is 0 Å². The van der Waals surface area contributed by atoms with Gasteiger partial charge >= 0.3 is 0 Å². The number of ketones is 3. The molecule has 228 valence electrons. The maximum atomic E-state index is 13.6. The largest absolute Gasteiger partial charge is 0.302 e. The Kier molecular flexibility index (Phi) is 11.0. The van der Waals surface area contributed by atoms with E-state index in [9.17, 15) is 14.4 Å². The zero-order valence-corrected chi connectivity index (χ0v) is 26.7.